The highest BCUT2D eigenvalue weighted by Gasteiger charge is 2.10. The number of benzene rings is 2. The van der Waals surface area contributed by atoms with Crippen LogP contribution in [0.2, 0.25) is 5.02 Å². The molecule has 2 N–H and O–H groups in total. The monoisotopic (exact) mass is 372 g/mol. The second kappa shape index (κ2) is 8.25. The Bertz CT molecular complexity index is 907. The third-order valence-electron chi connectivity index (χ3n) is 4.02. The van der Waals surface area contributed by atoms with Gasteiger partial charge in [-0.25, -0.2) is 0 Å². The summed E-state index contributed by atoms with van der Waals surface area (Å²) in [5.74, 6) is 0.517. The minimum absolute atomic E-state index is 0.117. The van der Waals surface area contributed by atoms with Crippen LogP contribution in [-0.4, -0.2) is 34.8 Å². The smallest absolute Gasteiger partial charge is 0.240 e. The van der Waals surface area contributed by atoms with Gasteiger partial charge in [0, 0.05) is 23.3 Å². The molecular formula is C20H21ClN2O3. The number of aromatic nitrogens is 1. The third-order valence-corrected chi connectivity index (χ3v) is 4.25. The van der Waals surface area contributed by atoms with Crippen molar-refractivity contribution >= 4 is 28.4 Å². The molecule has 136 valence electrons. The number of carbonyl (C=O) groups is 1. The number of aliphatic hydroxyl groups excluding tert-OH is 1. The first kappa shape index (κ1) is 18.3. The predicted octanol–water partition coefficient (Wildman–Crippen LogP) is 3.16. The second-order valence-corrected chi connectivity index (χ2v) is 6.67. The van der Waals surface area contributed by atoms with Gasteiger partial charge in [-0.15, -0.1) is 0 Å². The van der Waals surface area contributed by atoms with E-state index in [4.69, 9.17) is 16.3 Å². The number of carbonyl (C=O) groups excluding carboxylic acids is 1. The van der Waals surface area contributed by atoms with E-state index in [1.165, 1.54) is 0 Å². The number of halogens is 1. The van der Waals surface area contributed by atoms with E-state index in [-0.39, 0.29) is 25.6 Å². The van der Waals surface area contributed by atoms with Gasteiger partial charge in [-0.2, -0.15) is 0 Å². The zero-order valence-electron chi connectivity index (χ0n) is 14.5. The van der Waals surface area contributed by atoms with Gasteiger partial charge in [-0.05, 0) is 48.2 Å². The summed E-state index contributed by atoms with van der Waals surface area (Å²) in [6.45, 7) is 2.38. The topological polar surface area (TPSA) is 63.5 Å². The van der Waals surface area contributed by atoms with E-state index in [0.29, 0.717) is 10.8 Å². The zero-order chi connectivity index (χ0) is 18.5. The number of nitrogens with zero attached hydrogens (tertiary/aromatic N) is 1. The molecule has 1 aromatic heterocycles. The van der Waals surface area contributed by atoms with Crippen molar-refractivity contribution in [3.8, 4) is 5.75 Å². The number of hydrogen-bond acceptors (Lipinski definition) is 3. The molecule has 0 aliphatic heterocycles. The molecular weight excluding hydrogens is 352 g/mol. The van der Waals surface area contributed by atoms with Crippen molar-refractivity contribution in [2.24, 2.45) is 0 Å². The van der Waals surface area contributed by atoms with Gasteiger partial charge < -0.3 is 19.7 Å². The van der Waals surface area contributed by atoms with E-state index < -0.39 is 6.10 Å². The van der Waals surface area contributed by atoms with Crippen LogP contribution in [0.5, 0.6) is 5.75 Å². The molecule has 0 aliphatic rings. The van der Waals surface area contributed by atoms with Crippen LogP contribution in [0, 0.1) is 6.92 Å². The molecule has 0 spiro atoms. The van der Waals surface area contributed by atoms with Crippen molar-refractivity contribution in [2.45, 2.75) is 19.6 Å². The Balaban J connectivity index is 1.48. The minimum atomic E-state index is -0.782. The highest BCUT2D eigenvalue weighted by Crippen LogP contribution is 2.20. The Labute approximate surface area is 157 Å². The standard InChI is InChI=1S/C20H21ClN2O3/c1-14-3-2-4-18(9-14)26-13-17(24)11-22-20(25)12-23-8-7-15-5-6-16(21)10-19(15)23/h2-10,17,24H,11-13H2,1H3,(H,22,25). The lowest BCUT2D eigenvalue weighted by Gasteiger charge is -2.14. The molecule has 0 saturated heterocycles. The fraction of sp³-hybridized carbons (Fsp3) is 0.250. The SMILES string of the molecule is Cc1cccc(OCC(O)CNC(=O)Cn2ccc3ccc(Cl)cc32)c1. The first-order valence-electron chi connectivity index (χ1n) is 8.40. The molecule has 1 heterocycles. The van der Waals surface area contributed by atoms with Gasteiger partial charge in [0.15, 0.2) is 0 Å². The Morgan fingerprint density at radius 1 is 1.27 bits per heavy atom. The Hall–Kier alpha value is -2.50. The van der Waals surface area contributed by atoms with Crippen molar-refractivity contribution in [1.29, 1.82) is 0 Å². The summed E-state index contributed by atoms with van der Waals surface area (Å²) < 4.78 is 7.36. The number of aliphatic hydroxyl groups is 1. The van der Waals surface area contributed by atoms with Gasteiger partial charge in [0.25, 0.3) is 0 Å². The number of hydrogen-bond donors (Lipinski definition) is 2. The molecule has 1 amide bonds. The van der Waals surface area contributed by atoms with Gasteiger partial charge in [0.1, 0.15) is 25.0 Å². The first-order valence-corrected chi connectivity index (χ1v) is 8.78. The Morgan fingerprint density at radius 3 is 2.92 bits per heavy atom. The third kappa shape index (κ3) is 4.77. The van der Waals surface area contributed by atoms with Crippen molar-refractivity contribution < 1.29 is 14.6 Å². The molecule has 2 aromatic carbocycles. The molecule has 0 saturated carbocycles. The lowest BCUT2D eigenvalue weighted by molar-refractivity contribution is -0.122. The van der Waals surface area contributed by atoms with Crippen LogP contribution in [0.25, 0.3) is 10.9 Å². The van der Waals surface area contributed by atoms with Crippen molar-refractivity contribution in [3.63, 3.8) is 0 Å². The molecule has 0 radical (unpaired) electrons. The number of aryl methyl sites for hydroxylation is 1. The Kier molecular flexibility index (Phi) is 5.81. The van der Waals surface area contributed by atoms with Crippen molar-refractivity contribution in [3.05, 3.63) is 65.3 Å². The highest BCUT2D eigenvalue weighted by molar-refractivity contribution is 6.31. The van der Waals surface area contributed by atoms with Crippen molar-refractivity contribution in [1.82, 2.24) is 9.88 Å². The maximum atomic E-state index is 12.1. The number of fused-ring (bicyclic) bond motifs is 1. The average molecular weight is 373 g/mol. The van der Waals surface area contributed by atoms with Crippen LogP contribution >= 0.6 is 11.6 Å². The average Bonchev–Trinajstić information content (AvgIpc) is 3.00. The van der Waals surface area contributed by atoms with Crippen LogP contribution in [-0.2, 0) is 11.3 Å². The van der Waals surface area contributed by atoms with Crippen LogP contribution in [0.15, 0.2) is 54.7 Å². The van der Waals surface area contributed by atoms with E-state index in [1.807, 2.05) is 66.2 Å². The molecule has 1 atom stereocenters. The quantitative estimate of drug-likeness (QED) is 0.669. The maximum Gasteiger partial charge on any atom is 0.240 e. The lowest BCUT2D eigenvalue weighted by Crippen LogP contribution is -2.36. The summed E-state index contributed by atoms with van der Waals surface area (Å²) in [5.41, 5.74) is 1.99. The van der Waals surface area contributed by atoms with Gasteiger partial charge in [0.05, 0.1) is 0 Å². The van der Waals surface area contributed by atoms with Crippen LogP contribution < -0.4 is 10.1 Å². The molecule has 3 rings (SSSR count). The molecule has 0 fully saturated rings. The van der Waals surface area contributed by atoms with E-state index in [1.54, 1.807) is 0 Å². The highest BCUT2D eigenvalue weighted by atomic mass is 35.5. The summed E-state index contributed by atoms with van der Waals surface area (Å²) in [5, 5.41) is 14.4. The molecule has 26 heavy (non-hydrogen) atoms. The predicted molar refractivity (Wildman–Crippen MR) is 103 cm³/mol. The summed E-state index contributed by atoms with van der Waals surface area (Å²) in [6, 6.07) is 15.1. The van der Waals surface area contributed by atoms with Gasteiger partial charge in [0.2, 0.25) is 5.91 Å². The van der Waals surface area contributed by atoms with Crippen LogP contribution in [0.4, 0.5) is 0 Å². The summed E-state index contributed by atoms with van der Waals surface area (Å²) in [6.07, 6.45) is 1.06. The largest absolute Gasteiger partial charge is 0.491 e. The molecule has 3 aromatic rings. The van der Waals surface area contributed by atoms with Crippen LogP contribution in [0.3, 0.4) is 0 Å². The molecule has 6 heteroatoms. The lowest BCUT2D eigenvalue weighted by atomic mass is 10.2. The number of amides is 1. The summed E-state index contributed by atoms with van der Waals surface area (Å²) in [4.78, 5) is 12.1. The molecule has 5 nitrogen and oxygen atoms in total. The maximum absolute atomic E-state index is 12.1. The zero-order valence-corrected chi connectivity index (χ0v) is 15.2. The van der Waals surface area contributed by atoms with Crippen LogP contribution in [0.1, 0.15) is 5.56 Å². The fourth-order valence-electron chi connectivity index (χ4n) is 2.69. The Morgan fingerprint density at radius 2 is 2.12 bits per heavy atom. The summed E-state index contributed by atoms with van der Waals surface area (Å²) in [7, 11) is 0. The number of rotatable bonds is 7. The normalized spacial score (nSPS) is 12.1. The second-order valence-electron chi connectivity index (χ2n) is 6.23. The van der Waals surface area contributed by atoms with Crippen molar-refractivity contribution in [2.75, 3.05) is 13.2 Å². The van der Waals surface area contributed by atoms with E-state index in [0.717, 1.165) is 16.5 Å². The van der Waals surface area contributed by atoms with Gasteiger partial charge in [-0.1, -0.05) is 29.8 Å². The molecule has 0 bridgehead atoms. The van der Waals surface area contributed by atoms with E-state index in [9.17, 15) is 9.90 Å². The summed E-state index contributed by atoms with van der Waals surface area (Å²) >= 11 is 6.02. The molecule has 0 aliphatic carbocycles. The number of ether oxygens (including phenoxy) is 1. The van der Waals surface area contributed by atoms with Gasteiger partial charge >= 0.3 is 0 Å². The molecule has 1 unspecified atom stereocenters. The van der Waals surface area contributed by atoms with E-state index in [2.05, 4.69) is 5.32 Å². The van der Waals surface area contributed by atoms with Gasteiger partial charge in [-0.3, -0.25) is 4.79 Å². The minimum Gasteiger partial charge on any atom is -0.491 e. The first-order chi connectivity index (χ1) is 12.5. The number of nitrogens with one attached hydrogen (secondary N) is 1. The van der Waals surface area contributed by atoms with E-state index >= 15 is 0 Å². The fourth-order valence-corrected chi connectivity index (χ4v) is 2.86.